The van der Waals surface area contributed by atoms with Crippen LogP contribution in [0.15, 0.2) is 72.8 Å². The molecule has 0 N–H and O–H groups in total. The SMILES string of the molecule is CCOc1ccc(C(C)(CC)CCCc2cccc(Oc3ccc(F)cc3)c2)cc1. The summed E-state index contributed by atoms with van der Waals surface area (Å²) in [5.74, 6) is 2.09. The Morgan fingerprint density at radius 2 is 1.53 bits per heavy atom. The lowest BCUT2D eigenvalue weighted by Gasteiger charge is -2.29. The molecule has 0 aliphatic heterocycles. The van der Waals surface area contributed by atoms with Crippen molar-refractivity contribution in [1.82, 2.24) is 0 Å². The molecule has 0 fully saturated rings. The number of aryl methyl sites for hydroxylation is 1. The fourth-order valence-electron chi connectivity index (χ4n) is 3.73. The van der Waals surface area contributed by atoms with Crippen molar-refractivity contribution >= 4 is 0 Å². The second-order valence-corrected chi connectivity index (χ2v) is 7.93. The molecular weight excluding hydrogens is 375 g/mol. The lowest BCUT2D eigenvalue weighted by atomic mass is 9.76. The van der Waals surface area contributed by atoms with Crippen LogP contribution in [-0.4, -0.2) is 6.61 Å². The van der Waals surface area contributed by atoms with Gasteiger partial charge in [-0.05, 0) is 97.7 Å². The van der Waals surface area contributed by atoms with Crippen LogP contribution in [0.5, 0.6) is 17.2 Å². The van der Waals surface area contributed by atoms with Crippen LogP contribution in [0.25, 0.3) is 0 Å². The van der Waals surface area contributed by atoms with E-state index in [0.717, 1.165) is 37.2 Å². The zero-order chi connectivity index (χ0) is 21.4. The van der Waals surface area contributed by atoms with Gasteiger partial charge in [0.25, 0.3) is 0 Å². The molecule has 0 amide bonds. The van der Waals surface area contributed by atoms with Gasteiger partial charge in [-0.15, -0.1) is 0 Å². The van der Waals surface area contributed by atoms with Crippen molar-refractivity contribution in [3.05, 3.63) is 89.7 Å². The van der Waals surface area contributed by atoms with Gasteiger partial charge in [0.1, 0.15) is 23.1 Å². The van der Waals surface area contributed by atoms with E-state index in [1.54, 1.807) is 12.1 Å². The molecule has 1 atom stereocenters. The van der Waals surface area contributed by atoms with E-state index in [4.69, 9.17) is 9.47 Å². The van der Waals surface area contributed by atoms with Gasteiger partial charge < -0.3 is 9.47 Å². The van der Waals surface area contributed by atoms with Gasteiger partial charge in [-0.25, -0.2) is 4.39 Å². The Labute approximate surface area is 179 Å². The minimum absolute atomic E-state index is 0.146. The minimum Gasteiger partial charge on any atom is -0.494 e. The Hall–Kier alpha value is -2.81. The number of hydrogen-bond donors (Lipinski definition) is 0. The van der Waals surface area contributed by atoms with Gasteiger partial charge in [-0.2, -0.15) is 0 Å². The second kappa shape index (κ2) is 10.3. The molecule has 0 aromatic heterocycles. The van der Waals surface area contributed by atoms with Gasteiger partial charge in [0.2, 0.25) is 0 Å². The number of ether oxygens (including phenoxy) is 2. The first-order chi connectivity index (χ1) is 14.5. The smallest absolute Gasteiger partial charge is 0.127 e. The van der Waals surface area contributed by atoms with Crippen LogP contribution >= 0.6 is 0 Å². The quantitative estimate of drug-likeness (QED) is 0.343. The van der Waals surface area contributed by atoms with E-state index in [-0.39, 0.29) is 11.2 Å². The summed E-state index contributed by atoms with van der Waals surface area (Å²) < 4.78 is 24.5. The van der Waals surface area contributed by atoms with E-state index in [9.17, 15) is 4.39 Å². The van der Waals surface area contributed by atoms with Crippen LogP contribution in [0.1, 0.15) is 51.2 Å². The van der Waals surface area contributed by atoms with Crippen molar-refractivity contribution < 1.29 is 13.9 Å². The highest BCUT2D eigenvalue weighted by Crippen LogP contribution is 2.34. The van der Waals surface area contributed by atoms with Crippen molar-refractivity contribution in [1.29, 1.82) is 0 Å². The number of benzene rings is 3. The van der Waals surface area contributed by atoms with Gasteiger partial charge >= 0.3 is 0 Å². The highest BCUT2D eigenvalue weighted by molar-refractivity contribution is 5.35. The van der Waals surface area contributed by atoms with Crippen molar-refractivity contribution in [3.63, 3.8) is 0 Å². The summed E-state index contributed by atoms with van der Waals surface area (Å²) in [6.45, 7) is 7.29. The molecule has 0 bridgehead atoms. The summed E-state index contributed by atoms with van der Waals surface area (Å²) in [6.07, 6.45) is 4.29. The third kappa shape index (κ3) is 5.85. The number of halogens is 1. The maximum atomic E-state index is 13.1. The normalized spacial score (nSPS) is 12.9. The summed E-state index contributed by atoms with van der Waals surface area (Å²) in [7, 11) is 0. The molecule has 0 spiro atoms. The molecular formula is C27H31FO2. The molecule has 0 aliphatic carbocycles. The van der Waals surface area contributed by atoms with E-state index in [0.29, 0.717) is 12.4 Å². The van der Waals surface area contributed by atoms with Crippen LogP contribution < -0.4 is 9.47 Å². The number of rotatable bonds is 10. The summed E-state index contributed by atoms with van der Waals surface area (Å²) in [5.41, 5.74) is 2.76. The zero-order valence-electron chi connectivity index (χ0n) is 18.2. The van der Waals surface area contributed by atoms with Crippen LogP contribution in [0.4, 0.5) is 4.39 Å². The Balaban J connectivity index is 1.59. The van der Waals surface area contributed by atoms with Crippen molar-refractivity contribution in [2.45, 2.75) is 51.9 Å². The van der Waals surface area contributed by atoms with Gasteiger partial charge in [0, 0.05) is 0 Å². The van der Waals surface area contributed by atoms with Gasteiger partial charge in [0.05, 0.1) is 6.61 Å². The van der Waals surface area contributed by atoms with E-state index in [1.165, 1.54) is 23.3 Å². The topological polar surface area (TPSA) is 18.5 Å². The first kappa shape index (κ1) is 21.9. The largest absolute Gasteiger partial charge is 0.494 e. The molecule has 158 valence electrons. The summed E-state index contributed by atoms with van der Waals surface area (Å²) in [4.78, 5) is 0. The molecule has 3 aromatic rings. The molecule has 1 unspecified atom stereocenters. The van der Waals surface area contributed by atoms with Crippen molar-refractivity contribution in [2.24, 2.45) is 0 Å². The lowest BCUT2D eigenvalue weighted by Crippen LogP contribution is -2.21. The highest BCUT2D eigenvalue weighted by Gasteiger charge is 2.24. The van der Waals surface area contributed by atoms with Crippen molar-refractivity contribution in [2.75, 3.05) is 6.61 Å². The summed E-state index contributed by atoms with van der Waals surface area (Å²) >= 11 is 0. The van der Waals surface area contributed by atoms with E-state index in [1.807, 2.05) is 19.1 Å². The van der Waals surface area contributed by atoms with E-state index in [2.05, 4.69) is 50.2 Å². The molecule has 3 heteroatoms. The first-order valence-electron chi connectivity index (χ1n) is 10.8. The molecule has 3 rings (SSSR count). The molecule has 30 heavy (non-hydrogen) atoms. The third-order valence-corrected chi connectivity index (χ3v) is 5.78. The Morgan fingerprint density at radius 1 is 0.833 bits per heavy atom. The minimum atomic E-state index is -0.261. The number of hydrogen-bond acceptors (Lipinski definition) is 2. The van der Waals surface area contributed by atoms with Gasteiger partial charge in [0.15, 0.2) is 0 Å². The Bertz CT molecular complexity index is 918. The van der Waals surface area contributed by atoms with Crippen LogP contribution in [0, 0.1) is 5.82 Å². The second-order valence-electron chi connectivity index (χ2n) is 7.93. The standard InChI is InChI=1S/C27H31FO2/c1-4-27(3,22-11-15-24(16-12-22)29-5-2)19-7-9-21-8-6-10-26(20-21)30-25-17-13-23(28)14-18-25/h6,8,10-18,20H,4-5,7,9,19H2,1-3H3. The predicted molar refractivity (Wildman–Crippen MR) is 121 cm³/mol. The fourth-order valence-corrected chi connectivity index (χ4v) is 3.73. The molecule has 0 aliphatic rings. The Kier molecular flexibility index (Phi) is 7.51. The monoisotopic (exact) mass is 406 g/mol. The maximum Gasteiger partial charge on any atom is 0.127 e. The lowest BCUT2D eigenvalue weighted by molar-refractivity contribution is 0.339. The molecule has 3 aromatic carbocycles. The molecule has 2 nitrogen and oxygen atoms in total. The average molecular weight is 407 g/mol. The van der Waals surface area contributed by atoms with Crippen LogP contribution in [-0.2, 0) is 11.8 Å². The van der Waals surface area contributed by atoms with Gasteiger partial charge in [-0.1, -0.05) is 38.1 Å². The molecule has 0 saturated carbocycles. The Morgan fingerprint density at radius 3 is 2.20 bits per heavy atom. The first-order valence-corrected chi connectivity index (χ1v) is 10.8. The summed E-state index contributed by atoms with van der Waals surface area (Å²) in [5, 5.41) is 0. The fraction of sp³-hybridized carbons (Fsp3) is 0.333. The highest BCUT2D eigenvalue weighted by atomic mass is 19.1. The zero-order valence-corrected chi connectivity index (χ0v) is 18.2. The van der Waals surface area contributed by atoms with Crippen LogP contribution in [0.3, 0.4) is 0 Å². The van der Waals surface area contributed by atoms with E-state index < -0.39 is 0 Å². The van der Waals surface area contributed by atoms with Crippen molar-refractivity contribution in [3.8, 4) is 17.2 Å². The van der Waals surface area contributed by atoms with E-state index >= 15 is 0 Å². The maximum absolute atomic E-state index is 13.1. The summed E-state index contributed by atoms with van der Waals surface area (Å²) in [6, 6.07) is 22.8. The molecule has 0 saturated heterocycles. The molecule has 0 radical (unpaired) electrons. The molecule has 0 heterocycles. The average Bonchev–Trinajstić information content (AvgIpc) is 2.76. The third-order valence-electron chi connectivity index (χ3n) is 5.78. The predicted octanol–water partition coefficient (Wildman–Crippen LogP) is 7.71. The van der Waals surface area contributed by atoms with Gasteiger partial charge in [-0.3, -0.25) is 0 Å². The van der Waals surface area contributed by atoms with Crippen LogP contribution in [0.2, 0.25) is 0 Å².